The van der Waals surface area contributed by atoms with Crippen LogP contribution in [0.4, 0.5) is 0 Å². The summed E-state index contributed by atoms with van der Waals surface area (Å²) in [6.45, 7) is 0.651. The molecule has 0 spiro atoms. The van der Waals surface area contributed by atoms with E-state index in [1.807, 2.05) is 36.4 Å². The molecule has 1 aromatic carbocycles. The number of benzene rings is 1. The molecule has 0 saturated carbocycles. The first-order chi connectivity index (χ1) is 9.24. The molecule has 98 valence electrons. The van der Waals surface area contributed by atoms with Gasteiger partial charge in [0.2, 0.25) is 0 Å². The van der Waals surface area contributed by atoms with Crippen molar-refractivity contribution in [2.45, 2.75) is 12.8 Å². The smallest absolute Gasteiger partial charge is 0.119 e. The third-order valence-corrected chi connectivity index (χ3v) is 2.85. The van der Waals surface area contributed by atoms with E-state index in [0.29, 0.717) is 18.0 Å². The van der Waals surface area contributed by atoms with Crippen LogP contribution in [0.2, 0.25) is 0 Å². The van der Waals surface area contributed by atoms with Crippen LogP contribution in [0.25, 0.3) is 0 Å². The number of nitrogens with two attached hydrogens (primary N) is 1. The molecule has 19 heavy (non-hydrogen) atoms. The number of pyridine rings is 1. The Kier molecular flexibility index (Phi) is 4.86. The van der Waals surface area contributed by atoms with Gasteiger partial charge < -0.3 is 10.5 Å². The van der Waals surface area contributed by atoms with Crippen LogP contribution in [0.3, 0.4) is 0 Å². The van der Waals surface area contributed by atoms with E-state index in [-0.39, 0.29) is 0 Å². The lowest BCUT2D eigenvalue weighted by atomic mass is 10.1. The van der Waals surface area contributed by atoms with Crippen molar-refractivity contribution in [2.75, 3.05) is 6.61 Å². The zero-order chi connectivity index (χ0) is 13.5. The molecule has 0 fully saturated rings. The summed E-state index contributed by atoms with van der Waals surface area (Å²) in [6, 6.07) is 11.9. The lowest BCUT2D eigenvalue weighted by molar-refractivity contribution is 0.322. The lowest BCUT2D eigenvalue weighted by Crippen LogP contribution is -2.10. The van der Waals surface area contributed by atoms with Gasteiger partial charge in [-0.05, 0) is 35.4 Å². The van der Waals surface area contributed by atoms with Crippen LogP contribution < -0.4 is 10.5 Å². The summed E-state index contributed by atoms with van der Waals surface area (Å²) >= 11 is 4.88. The van der Waals surface area contributed by atoms with Gasteiger partial charge >= 0.3 is 0 Å². The second-order valence-electron chi connectivity index (χ2n) is 4.24. The monoisotopic (exact) mass is 272 g/mol. The maximum Gasteiger partial charge on any atom is 0.119 e. The number of rotatable bonds is 6. The molecule has 2 N–H and O–H groups in total. The molecule has 0 aliphatic carbocycles. The normalized spacial score (nSPS) is 10.1. The van der Waals surface area contributed by atoms with E-state index in [1.54, 1.807) is 12.4 Å². The Balaban J connectivity index is 1.81. The topological polar surface area (TPSA) is 48.1 Å². The molecule has 0 aliphatic heterocycles. The van der Waals surface area contributed by atoms with Gasteiger partial charge in [0.05, 0.1) is 11.6 Å². The summed E-state index contributed by atoms with van der Waals surface area (Å²) in [7, 11) is 0. The molecule has 0 aliphatic rings. The van der Waals surface area contributed by atoms with Crippen molar-refractivity contribution in [1.82, 2.24) is 4.98 Å². The average molecular weight is 272 g/mol. The molecule has 1 heterocycles. The average Bonchev–Trinajstić information content (AvgIpc) is 2.41. The Hall–Kier alpha value is -1.94. The Bertz CT molecular complexity index is 526. The minimum Gasteiger partial charge on any atom is -0.493 e. The van der Waals surface area contributed by atoms with Gasteiger partial charge in [-0.15, -0.1) is 0 Å². The van der Waals surface area contributed by atoms with Gasteiger partial charge in [0.1, 0.15) is 5.75 Å². The Labute approximate surface area is 118 Å². The fourth-order valence-corrected chi connectivity index (χ4v) is 1.91. The van der Waals surface area contributed by atoms with Crippen molar-refractivity contribution in [3.05, 3.63) is 59.9 Å². The molecule has 0 atom stereocenters. The number of aromatic nitrogens is 1. The number of ether oxygens (including phenoxy) is 1. The highest BCUT2D eigenvalue weighted by Crippen LogP contribution is 2.13. The first-order valence-corrected chi connectivity index (χ1v) is 6.54. The zero-order valence-corrected chi connectivity index (χ0v) is 11.4. The number of hydrogen-bond donors (Lipinski definition) is 1. The number of hydrogen-bond acceptors (Lipinski definition) is 3. The van der Waals surface area contributed by atoms with Gasteiger partial charge in [0.25, 0.3) is 0 Å². The highest BCUT2D eigenvalue weighted by atomic mass is 32.1. The van der Waals surface area contributed by atoms with Crippen LogP contribution >= 0.6 is 12.2 Å². The van der Waals surface area contributed by atoms with E-state index in [4.69, 9.17) is 22.7 Å². The molecule has 2 aromatic rings. The third kappa shape index (κ3) is 4.67. The summed E-state index contributed by atoms with van der Waals surface area (Å²) in [6.07, 6.45) is 5.09. The number of nitrogens with zero attached hydrogens (tertiary/aromatic N) is 1. The molecule has 1 aromatic heterocycles. The first kappa shape index (κ1) is 13.5. The summed E-state index contributed by atoms with van der Waals surface area (Å²) in [5.74, 6) is 0.862. The van der Waals surface area contributed by atoms with Crippen LogP contribution in [0.15, 0.2) is 48.8 Å². The van der Waals surface area contributed by atoms with Crippen molar-refractivity contribution < 1.29 is 4.74 Å². The van der Waals surface area contributed by atoms with Gasteiger partial charge in [-0.25, -0.2) is 0 Å². The Morgan fingerprint density at radius 2 is 1.74 bits per heavy atom. The maximum absolute atomic E-state index is 5.69. The fraction of sp³-hybridized carbons (Fsp3) is 0.200. The van der Waals surface area contributed by atoms with Gasteiger partial charge in [0, 0.05) is 25.2 Å². The van der Waals surface area contributed by atoms with E-state index in [1.165, 1.54) is 5.56 Å². The first-order valence-electron chi connectivity index (χ1n) is 6.13. The third-order valence-electron chi connectivity index (χ3n) is 2.71. The van der Waals surface area contributed by atoms with E-state index in [0.717, 1.165) is 17.7 Å². The predicted octanol–water partition coefficient (Wildman–Crippen LogP) is 2.53. The second kappa shape index (κ2) is 6.85. The van der Waals surface area contributed by atoms with Crippen LogP contribution in [0, 0.1) is 0 Å². The van der Waals surface area contributed by atoms with E-state index >= 15 is 0 Å². The van der Waals surface area contributed by atoms with Crippen molar-refractivity contribution in [1.29, 1.82) is 0 Å². The summed E-state index contributed by atoms with van der Waals surface area (Å²) in [5.41, 5.74) is 7.83. The molecule has 0 unspecified atom stereocenters. The predicted molar refractivity (Wildman–Crippen MR) is 80.4 cm³/mol. The van der Waals surface area contributed by atoms with Crippen LogP contribution in [-0.4, -0.2) is 16.6 Å². The minimum atomic E-state index is 0.506. The maximum atomic E-state index is 5.69. The van der Waals surface area contributed by atoms with Crippen LogP contribution in [-0.2, 0) is 12.8 Å². The molecule has 0 amide bonds. The Morgan fingerprint density at radius 1 is 1.05 bits per heavy atom. The molecule has 0 saturated heterocycles. The lowest BCUT2D eigenvalue weighted by Gasteiger charge is -2.07. The summed E-state index contributed by atoms with van der Waals surface area (Å²) < 4.78 is 5.69. The van der Waals surface area contributed by atoms with Crippen molar-refractivity contribution in [3.63, 3.8) is 0 Å². The quantitative estimate of drug-likeness (QED) is 0.821. The SMILES string of the molecule is NC(=S)Cc1ccc(OCCc2ccncc2)cc1. The molecule has 0 bridgehead atoms. The standard InChI is InChI=1S/C15H16N2OS/c16-15(19)11-13-1-3-14(4-2-13)18-10-7-12-5-8-17-9-6-12/h1-6,8-9H,7,10-11H2,(H2,16,19). The van der Waals surface area contributed by atoms with E-state index in [2.05, 4.69) is 4.98 Å². The van der Waals surface area contributed by atoms with E-state index in [9.17, 15) is 0 Å². The molecular formula is C15H16N2OS. The van der Waals surface area contributed by atoms with Gasteiger partial charge in [0.15, 0.2) is 0 Å². The van der Waals surface area contributed by atoms with E-state index < -0.39 is 0 Å². The van der Waals surface area contributed by atoms with Crippen molar-refractivity contribution >= 4 is 17.2 Å². The number of thiocarbonyl (C=S) groups is 1. The van der Waals surface area contributed by atoms with Crippen LogP contribution in [0.5, 0.6) is 5.75 Å². The minimum absolute atomic E-state index is 0.506. The highest BCUT2D eigenvalue weighted by Gasteiger charge is 1.98. The molecule has 3 nitrogen and oxygen atoms in total. The highest BCUT2D eigenvalue weighted by molar-refractivity contribution is 7.80. The van der Waals surface area contributed by atoms with Gasteiger partial charge in [-0.3, -0.25) is 4.98 Å². The summed E-state index contributed by atoms with van der Waals surface area (Å²) in [4.78, 5) is 4.49. The molecular weight excluding hydrogens is 256 g/mol. The van der Waals surface area contributed by atoms with Crippen LogP contribution in [0.1, 0.15) is 11.1 Å². The largest absolute Gasteiger partial charge is 0.493 e. The Morgan fingerprint density at radius 3 is 2.37 bits per heavy atom. The molecule has 2 rings (SSSR count). The molecule has 0 radical (unpaired) electrons. The van der Waals surface area contributed by atoms with Crippen molar-refractivity contribution in [2.24, 2.45) is 5.73 Å². The van der Waals surface area contributed by atoms with Gasteiger partial charge in [-0.2, -0.15) is 0 Å². The zero-order valence-electron chi connectivity index (χ0n) is 10.6. The molecule has 4 heteroatoms. The fourth-order valence-electron chi connectivity index (χ4n) is 1.74. The summed E-state index contributed by atoms with van der Waals surface area (Å²) in [5, 5.41) is 0. The van der Waals surface area contributed by atoms with Crippen molar-refractivity contribution in [3.8, 4) is 5.75 Å². The van der Waals surface area contributed by atoms with Gasteiger partial charge in [-0.1, -0.05) is 24.4 Å². The second-order valence-corrected chi connectivity index (χ2v) is 4.77.